The van der Waals surface area contributed by atoms with Crippen molar-refractivity contribution in [3.8, 4) is 0 Å². The molecule has 0 spiro atoms. The van der Waals surface area contributed by atoms with Crippen LogP contribution in [0.3, 0.4) is 0 Å². The van der Waals surface area contributed by atoms with Gasteiger partial charge in [-0.2, -0.15) is 0 Å². The Kier molecular flexibility index (Phi) is 6.02. The molecule has 0 bridgehead atoms. The van der Waals surface area contributed by atoms with Crippen LogP contribution in [-0.4, -0.2) is 10.8 Å². The summed E-state index contributed by atoms with van der Waals surface area (Å²) in [6, 6.07) is 41.8. The lowest BCUT2D eigenvalue weighted by Gasteiger charge is -2.59. The molecule has 0 radical (unpaired) electrons. The molecule has 1 aliphatic heterocycles. The Bertz CT molecular complexity index is 1410. The fourth-order valence-electron chi connectivity index (χ4n) is 5.79. The summed E-state index contributed by atoms with van der Waals surface area (Å²) in [7, 11) is 0. The second-order valence-corrected chi connectivity index (χ2v) is 10.9. The molecule has 6 rings (SSSR count). The molecule has 0 saturated carbocycles. The Hall–Kier alpha value is -3.95. The van der Waals surface area contributed by atoms with E-state index in [2.05, 4.69) is 133 Å². The smallest absolute Gasteiger partial charge is 0.241 e. The van der Waals surface area contributed by atoms with Crippen LogP contribution in [0.4, 0.5) is 0 Å². The molecule has 4 aromatic carbocycles. The van der Waals surface area contributed by atoms with E-state index in [-0.39, 0.29) is 18.0 Å². The summed E-state index contributed by atoms with van der Waals surface area (Å²) in [5, 5.41) is 2.12. The topological polar surface area (TPSA) is 20.3 Å². The Labute approximate surface area is 222 Å². The monoisotopic (exact) mass is 499 g/mol. The first kappa shape index (κ1) is 23.4. The molecule has 1 aliphatic rings. The lowest BCUT2D eigenvalue weighted by Crippen LogP contribution is -2.67. The Morgan fingerprint density at radius 1 is 0.649 bits per heavy atom. The summed E-state index contributed by atoms with van der Waals surface area (Å²) in [6.07, 6.45) is 0. The van der Waals surface area contributed by atoms with Crippen LogP contribution in [0.2, 0.25) is 0 Å². The van der Waals surface area contributed by atoms with Crippen molar-refractivity contribution in [2.45, 2.75) is 31.3 Å². The van der Waals surface area contributed by atoms with E-state index >= 15 is 0 Å². The third-order valence-corrected chi connectivity index (χ3v) is 8.52. The molecule has 1 saturated heterocycles. The average molecular weight is 500 g/mol. The Morgan fingerprint density at radius 2 is 1.14 bits per heavy atom. The molecule has 2 nitrogen and oxygen atoms in total. The number of thiophene rings is 1. The van der Waals surface area contributed by atoms with Gasteiger partial charge in [-0.25, -0.2) is 0 Å². The molecule has 1 atom stereocenters. The van der Waals surface area contributed by atoms with E-state index in [1.807, 2.05) is 12.1 Å². The number of likely N-dealkylation sites (tertiary alicyclic amines) is 1. The van der Waals surface area contributed by atoms with Crippen LogP contribution in [-0.2, 0) is 10.2 Å². The minimum absolute atomic E-state index is 0.135. The molecular formula is C34H29NOS. The summed E-state index contributed by atoms with van der Waals surface area (Å²) < 4.78 is 0. The van der Waals surface area contributed by atoms with E-state index in [9.17, 15) is 4.79 Å². The van der Waals surface area contributed by atoms with Crippen LogP contribution >= 0.6 is 11.3 Å². The predicted molar refractivity (Wildman–Crippen MR) is 152 cm³/mol. The van der Waals surface area contributed by atoms with E-state index in [4.69, 9.17) is 0 Å². The molecule has 0 aliphatic carbocycles. The van der Waals surface area contributed by atoms with E-state index in [1.165, 1.54) is 16.0 Å². The van der Waals surface area contributed by atoms with Crippen molar-refractivity contribution in [3.63, 3.8) is 0 Å². The van der Waals surface area contributed by atoms with E-state index < -0.39 is 5.41 Å². The first-order chi connectivity index (χ1) is 18.1. The van der Waals surface area contributed by atoms with Gasteiger partial charge in [-0.05, 0) is 47.5 Å². The summed E-state index contributed by atoms with van der Waals surface area (Å²) in [4.78, 5) is 18.2. The van der Waals surface area contributed by atoms with E-state index in [0.29, 0.717) is 0 Å². The number of hydrogen-bond acceptors (Lipinski definition) is 2. The number of β-lactam (4-membered cyclic amide) rings is 1. The highest BCUT2D eigenvalue weighted by atomic mass is 32.1. The maximum Gasteiger partial charge on any atom is 0.241 e. The van der Waals surface area contributed by atoms with Gasteiger partial charge in [0.2, 0.25) is 5.91 Å². The molecule has 0 N–H and O–H groups in total. The van der Waals surface area contributed by atoms with Crippen molar-refractivity contribution in [2.75, 3.05) is 0 Å². The Balaban J connectivity index is 1.61. The number of carbonyl (C=O) groups excluding carboxylic acids is 1. The normalized spacial score (nSPS) is 16.6. The largest absolute Gasteiger partial charge is 0.321 e. The van der Waals surface area contributed by atoms with Crippen LogP contribution in [0.1, 0.15) is 50.3 Å². The maximum absolute atomic E-state index is 14.9. The standard InChI is InChI=1S/C34H29NOS/c1-24-15-19-28(20-16-24)34(29-21-17-25(2)18-22-29)32(30-14-9-23-37-30)35(33(34)36)31(26-10-5-3-6-11-26)27-12-7-4-8-13-27/h3-23,31-32H,1-2H3. The van der Waals surface area contributed by atoms with E-state index in [0.717, 1.165) is 22.3 Å². The van der Waals surface area contributed by atoms with Crippen molar-refractivity contribution in [1.29, 1.82) is 0 Å². The first-order valence-electron chi connectivity index (χ1n) is 12.7. The molecule has 1 unspecified atom stereocenters. The molecule has 37 heavy (non-hydrogen) atoms. The van der Waals surface area contributed by atoms with Gasteiger partial charge < -0.3 is 4.90 Å². The fraction of sp³-hybridized carbons (Fsp3) is 0.147. The number of hydrogen-bond donors (Lipinski definition) is 0. The van der Waals surface area contributed by atoms with Crippen molar-refractivity contribution in [1.82, 2.24) is 4.90 Å². The average Bonchev–Trinajstić information content (AvgIpc) is 3.46. The second-order valence-electron chi connectivity index (χ2n) is 9.89. The van der Waals surface area contributed by atoms with Crippen molar-refractivity contribution in [3.05, 3.63) is 165 Å². The number of rotatable bonds is 6. The molecule has 1 amide bonds. The summed E-state index contributed by atoms with van der Waals surface area (Å²) >= 11 is 1.72. The zero-order valence-electron chi connectivity index (χ0n) is 21.0. The van der Waals surface area contributed by atoms with Crippen LogP contribution in [0, 0.1) is 13.8 Å². The summed E-state index contributed by atoms with van der Waals surface area (Å²) in [6.45, 7) is 4.18. The molecule has 1 aromatic heterocycles. The Morgan fingerprint density at radius 3 is 1.57 bits per heavy atom. The molecular weight excluding hydrogens is 470 g/mol. The highest BCUT2D eigenvalue weighted by molar-refractivity contribution is 7.10. The lowest BCUT2D eigenvalue weighted by atomic mass is 9.60. The van der Waals surface area contributed by atoms with Crippen LogP contribution < -0.4 is 0 Å². The number of aryl methyl sites for hydroxylation is 2. The fourth-order valence-corrected chi connectivity index (χ4v) is 6.68. The SMILES string of the molecule is Cc1ccc(C2(c3ccc(C)cc3)C(=O)N(C(c3ccccc3)c3ccccc3)C2c2cccs2)cc1. The van der Waals surface area contributed by atoms with Gasteiger partial charge >= 0.3 is 0 Å². The van der Waals surface area contributed by atoms with Crippen molar-refractivity contribution >= 4 is 17.2 Å². The minimum Gasteiger partial charge on any atom is -0.321 e. The van der Waals surface area contributed by atoms with Crippen molar-refractivity contribution < 1.29 is 4.79 Å². The molecule has 1 fully saturated rings. The van der Waals surface area contributed by atoms with E-state index in [1.54, 1.807) is 11.3 Å². The zero-order chi connectivity index (χ0) is 25.4. The van der Waals surface area contributed by atoms with Crippen molar-refractivity contribution in [2.24, 2.45) is 0 Å². The second kappa shape index (κ2) is 9.49. The maximum atomic E-state index is 14.9. The van der Waals surface area contributed by atoms with Gasteiger partial charge in [0.05, 0.1) is 12.1 Å². The molecule has 3 heteroatoms. The molecule has 2 heterocycles. The summed E-state index contributed by atoms with van der Waals surface area (Å²) in [5.74, 6) is 0.135. The lowest BCUT2D eigenvalue weighted by molar-refractivity contribution is -0.161. The quantitative estimate of drug-likeness (QED) is 0.217. The zero-order valence-corrected chi connectivity index (χ0v) is 21.9. The summed E-state index contributed by atoms with van der Waals surface area (Å²) in [5.41, 5.74) is 5.89. The number of carbonyl (C=O) groups is 1. The molecule has 5 aromatic rings. The van der Waals surface area contributed by atoms with Gasteiger partial charge in [-0.15, -0.1) is 11.3 Å². The highest BCUT2D eigenvalue weighted by Crippen LogP contribution is 2.60. The van der Waals surface area contributed by atoms with Crippen LogP contribution in [0.5, 0.6) is 0 Å². The number of nitrogens with zero attached hydrogens (tertiary/aromatic N) is 1. The van der Waals surface area contributed by atoms with Gasteiger partial charge in [0, 0.05) is 4.88 Å². The van der Waals surface area contributed by atoms with Gasteiger partial charge in [-0.3, -0.25) is 4.79 Å². The molecule has 182 valence electrons. The number of amides is 1. The number of benzene rings is 4. The van der Waals surface area contributed by atoms with Crippen LogP contribution in [0.25, 0.3) is 0 Å². The third-order valence-electron chi connectivity index (χ3n) is 7.60. The van der Waals surface area contributed by atoms with Gasteiger partial charge in [-0.1, -0.05) is 126 Å². The minimum atomic E-state index is -0.798. The van der Waals surface area contributed by atoms with Crippen LogP contribution in [0.15, 0.2) is 127 Å². The van der Waals surface area contributed by atoms with Gasteiger partial charge in [0.25, 0.3) is 0 Å². The highest BCUT2D eigenvalue weighted by Gasteiger charge is 2.65. The predicted octanol–water partition coefficient (Wildman–Crippen LogP) is 8.02. The van der Waals surface area contributed by atoms with Gasteiger partial charge in [0.15, 0.2) is 0 Å². The first-order valence-corrected chi connectivity index (χ1v) is 13.6. The third kappa shape index (κ3) is 3.82. The van der Waals surface area contributed by atoms with Gasteiger partial charge in [0.1, 0.15) is 5.41 Å².